The summed E-state index contributed by atoms with van der Waals surface area (Å²) in [4.78, 5) is 18.7. The Kier molecular flexibility index (Phi) is 12.7. The van der Waals surface area contributed by atoms with Crippen LogP contribution in [0.5, 0.6) is 0 Å². The van der Waals surface area contributed by atoms with Gasteiger partial charge in [0, 0.05) is 56.3 Å². The van der Waals surface area contributed by atoms with Gasteiger partial charge in [0.1, 0.15) is 0 Å². The number of amides is 1. The number of benzene rings is 1. The highest BCUT2D eigenvalue weighted by Crippen LogP contribution is 2.16. The summed E-state index contributed by atoms with van der Waals surface area (Å²) in [7, 11) is 3.46. The average Bonchev–Trinajstić information content (AvgIpc) is 3.14. The first-order chi connectivity index (χ1) is 13.1. The molecule has 0 aromatic heterocycles. The fourth-order valence-corrected chi connectivity index (χ4v) is 3.37. The lowest BCUT2D eigenvalue weighted by atomic mass is 10.1. The van der Waals surface area contributed by atoms with E-state index in [2.05, 4.69) is 36.5 Å². The van der Waals surface area contributed by atoms with Crippen molar-refractivity contribution in [2.45, 2.75) is 6.42 Å². The first-order valence-electron chi connectivity index (χ1n) is 9.20. The van der Waals surface area contributed by atoms with Crippen LogP contribution in [0.2, 0.25) is 0 Å². The summed E-state index contributed by atoms with van der Waals surface area (Å²) in [6, 6.07) is 7.35. The van der Waals surface area contributed by atoms with E-state index in [0.717, 1.165) is 36.5 Å². The second-order valence-electron chi connectivity index (χ2n) is 6.41. The van der Waals surface area contributed by atoms with Crippen LogP contribution < -0.4 is 10.6 Å². The standard InChI is InChI=1S/C19H29BrN4O3.HI/c1-21-19(24-9-6-15(13-24)14-27-11-10-26-2)23-8-7-22-18(25)16-4-3-5-17(20)12-16;/h3-5,12,15H,6-11,13-14H2,1-2H3,(H,21,23)(H,22,25);1H. The Morgan fingerprint density at radius 1 is 1.32 bits per heavy atom. The van der Waals surface area contributed by atoms with Crippen molar-refractivity contribution < 1.29 is 14.3 Å². The SMILES string of the molecule is CN=C(NCCNC(=O)c1cccc(Br)c1)N1CCC(COCCOC)C1.I. The molecule has 1 fully saturated rings. The number of ether oxygens (including phenoxy) is 2. The minimum atomic E-state index is -0.0810. The maximum atomic E-state index is 12.1. The number of nitrogens with one attached hydrogen (secondary N) is 2. The fourth-order valence-electron chi connectivity index (χ4n) is 2.97. The van der Waals surface area contributed by atoms with E-state index in [9.17, 15) is 4.79 Å². The van der Waals surface area contributed by atoms with E-state index in [4.69, 9.17) is 9.47 Å². The van der Waals surface area contributed by atoms with Crippen molar-refractivity contribution in [3.8, 4) is 0 Å². The van der Waals surface area contributed by atoms with Gasteiger partial charge < -0.3 is 25.0 Å². The lowest BCUT2D eigenvalue weighted by Gasteiger charge is -2.22. The van der Waals surface area contributed by atoms with Crippen molar-refractivity contribution in [2.75, 3.05) is 60.2 Å². The molecule has 7 nitrogen and oxygen atoms in total. The van der Waals surface area contributed by atoms with E-state index < -0.39 is 0 Å². The van der Waals surface area contributed by atoms with Crippen LogP contribution in [-0.4, -0.2) is 76.9 Å². The highest BCUT2D eigenvalue weighted by Gasteiger charge is 2.24. The molecule has 1 atom stereocenters. The first-order valence-corrected chi connectivity index (χ1v) is 9.99. The highest BCUT2D eigenvalue weighted by atomic mass is 127. The zero-order valence-corrected chi connectivity index (χ0v) is 20.4. The Hall–Kier alpha value is -0.910. The van der Waals surface area contributed by atoms with Gasteiger partial charge in [0.2, 0.25) is 0 Å². The van der Waals surface area contributed by atoms with Gasteiger partial charge in [0.15, 0.2) is 5.96 Å². The van der Waals surface area contributed by atoms with Crippen molar-refractivity contribution in [3.63, 3.8) is 0 Å². The van der Waals surface area contributed by atoms with Gasteiger partial charge in [0.25, 0.3) is 5.91 Å². The normalized spacial score (nSPS) is 16.6. The molecule has 0 bridgehead atoms. The predicted octanol–water partition coefficient (Wildman–Crippen LogP) is 2.36. The second-order valence-corrected chi connectivity index (χ2v) is 7.32. The third kappa shape index (κ3) is 8.62. The van der Waals surface area contributed by atoms with Crippen LogP contribution in [-0.2, 0) is 9.47 Å². The number of methoxy groups -OCH3 is 1. The summed E-state index contributed by atoms with van der Waals surface area (Å²) in [5, 5.41) is 6.23. The molecule has 9 heteroatoms. The minimum Gasteiger partial charge on any atom is -0.382 e. The maximum Gasteiger partial charge on any atom is 0.251 e. The van der Waals surface area contributed by atoms with Crippen LogP contribution in [0.4, 0.5) is 0 Å². The van der Waals surface area contributed by atoms with E-state index in [-0.39, 0.29) is 29.9 Å². The number of guanidine groups is 1. The third-order valence-electron chi connectivity index (χ3n) is 4.36. The largest absolute Gasteiger partial charge is 0.382 e. The molecule has 1 saturated heterocycles. The summed E-state index contributed by atoms with van der Waals surface area (Å²) >= 11 is 3.38. The van der Waals surface area contributed by atoms with E-state index in [1.807, 2.05) is 12.1 Å². The maximum absolute atomic E-state index is 12.1. The number of halogens is 2. The number of nitrogens with zero attached hydrogens (tertiary/aromatic N) is 2. The lowest BCUT2D eigenvalue weighted by Crippen LogP contribution is -2.43. The Morgan fingerprint density at radius 2 is 2.11 bits per heavy atom. The lowest BCUT2D eigenvalue weighted by molar-refractivity contribution is 0.0536. The van der Waals surface area contributed by atoms with Crippen LogP contribution >= 0.6 is 39.9 Å². The van der Waals surface area contributed by atoms with Gasteiger partial charge in [-0.2, -0.15) is 0 Å². The van der Waals surface area contributed by atoms with Crippen LogP contribution in [0.3, 0.4) is 0 Å². The van der Waals surface area contributed by atoms with E-state index >= 15 is 0 Å². The highest BCUT2D eigenvalue weighted by molar-refractivity contribution is 14.0. The van der Waals surface area contributed by atoms with Crippen molar-refractivity contribution in [1.29, 1.82) is 0 Å². The molecule has 1 aromatic rings. The number of hydrogen-bond donors (Lipinski definition) is 2. The van der Waals surface area contributed by atoms with Crippen molar-refractivity contribution >= 4 is 51.8 Å². The molecule has 1 aliphatic rings. The summed E-state index contributed by atoms with van der Waals surface area (Å²) in [6.45, 7) is 5.06. The Bertz CT molecular complexity index is 633. The monoisotopic (exact) mass is 568 g/mol. The molecule has 1 heterocycles. The number of aliphatic imine (C=N–C) groups is 1. The molecule has 0 aliphatic carbocycles. The van der Waals surface area contributed by atoms with Crippen molar-refractivity contribution in [1.82, 2.24) is 15.5 Å². The topological polar surface area (TPSA) is 75.2 Å². The van der Waals surface area contributed by atoms with Crippen LogP contribution in [0.25, 0.3) is 0 Å². The fraction of sp³-hybridized carbons (Fsp3) is 0.579. The van der Waals surface area contributed by atoms with Gasteiger partial charge >= 0.3 is 0 Å². The van der Waals surface area contributed by atoms with Gasteiger partial charge in [-0.15, -0.1) is 24.0 Å². The van der Waals surface area contributed by atoms with E-state index in [1.54, 1.807) is 26.3 Å². The number of hydrogen-bond acceptors (Lipinski definition) is 4. The number of likely N-dealkylation sites (tertiary alicyclic amines) is 1. The average molecular weight is 569 g/mol. The Labute approximate surface area is 192 Å². The van der Waals surface area contributed by atoms with Crippen LogP contribution in [0.1, 0.15) is 16.8 Å². The number of carbonyl (C=O) groups excluding carboxylic acids is 1. The molecule has 158 valence electrons. The van der Waals surface area contributed by atoms with Crippen molar-refractivity contribution in [3.05, 3.63) is 34.3 Å². The zero-order chi connectivity index (χ0) is 19.5. The molecule has 1 amide bonds. The molecule has 28 heavy (non-hydrogen) atoms. The molecule has 0 spiro atoms. The van der Waals surface area contributed by atoms with E-state index in [0.29, 0.717) is 37.8 Å². The predicted molar refractivity (Wildman–Crippen MR) is 126 cm³/mol. The zero-order valence-electron chi connectivity index (χ0n) is 16.4. The smallest absolute Gasteiger partial charge is 0.251 e. The quantitative estimate of drug-likeness (QED) is 0.207. The molecule has 0 radical (unpaired) electrons. The van der Waals surface area contributed by atoms with Gasteiger partial charge in [-0.1, -0.05) is 22.0 Å². The number of carbonyl (C=O) groups is 1. The molecule has 1 unspecified atom stereocenters. The van der Waals surface area contributed by atoms with Crippen LogP contribution in [0.15, 0.2) is 33.7 Å². The van der Waals surface area contributed by atoms with Crippen LogP contribution in [0, 0.1) is 5.92 Å². The summed E-state index contributed by atoms with van der Waals surface area (Å²) in [5.41, 5.74) is 0.643. The molecular formula is C19H30BrIN4O3. The molecule has 2 N–H and O–H groups in total. The molecule has 2 rings (SSSR count). The molecular weight excluding hydrogens is 539 g/mol. The molecule has 0 saturated carbocycles. The summed E-state index contributed by atoms with van der Waals surface area (Å²) in [6.07, 6.45) is 1.09. The Balaban J connectivity index is 0.00000392. The molecule has 1 aliphatic heterocycles. The van der Waals surface area contributed by atoms with E-state index in [1.165, 1.54) is 0 Å². The van der Waals surface area contributed by atoms with Gasteiger partial charge in [-0.3, -0.25) is 9.79 Å². The van der Waals surface area contributed by atoms with Crippen molar-refractivity contribution in [2.24, 2.45) is 10.9 Å². The number of rotatable bonds is 9. The summed E-state index contributed by atoms with van der Waals surface area (Å²) in [5.74, 6) is 1.30. The minimum absolute atomic E-state index is 0. The first kappa shape index (κ1) is 25.1. The third-order valence-corrected chi connectivity index (χ3v) is 4.86. The second kappa shape index (κ2) is 14.1. The Morgan fingerprint density at radius 3 is 2.82 bits per heavy atom. The van der Waals surface area contributed by atoms with Gasteiger partial charge in [-0.05, 0) is 24.6 Å². The van der Waals surface area contributed by atoms with Gasteiger partial charge in [0.05, 0.1) is 19.8 Å². The molecule has 1 aromatic carbocycles. The van der Waals surface area contributed by atoms with Gasteiger partial charge in [-0.25, -0.2) is 0 Å². The summed E-state index contributed by atoms with van der Waals surface area (Å²) < 4.78 is 11.5.